The molecule has 1 aromatic heterocycles. The number of carbonyl (C=O) groups is 1. The number of pyridine rings is 1. The van der Waals surface area contributed by atoms with E-state index in [4.69, 9.17) is 23.2 Å². The summed E-state index contributed by atoms with van der Waals surface area (Å²) < 4.78 is 0. The van der Waals surface area contributed by atoms with Crippen molar-refractivity contribution in [1.82, 2.24) is 10.3 Å². The van der Waals surface area contributed by atoms with Gasteiger partial charge >= 0.3 is 0 Å². The summed E-state index contributed by atoms with van der Waals surface area (Å²) in [5, 5.41) is 3.70. The number of aromatic nitrogens is 1. The second-order valence-electron chi connectivity index (χ2n) is 7.57. The van der Waals surface area contributed by atoms with Crippen LogP contribution in [0.5, 0.6) is 0 Å². The van der Waals surface area contributed by atoms with Crippen molar-refractivity contribution in [3.63, 3.8) is 0 Å². The predicted molar refractivity (Wildman–Crippen MR) is 86.9 cm³/mol. The van der Waals surface area contributed by atoms with Gasteiger partial charge in [-0.25, -0.2) is 4.98 Å². The molecule has 1 fully saturated rings. The molecule has 0 unspecified atom stereocenters. The molecule has 1 saturated carbocycles. The minimum atomic E-state index is -0.178. The summed E-state index contributed by atoms with van der Waals surface area (Å²) in [6.07, 6.45) is 4.51. The Bertz CT molecular complexity index is 539. The summed E-state index contributed by atoms with van der Waals surface area (Å²) in [7, 11) is 0. The molecule has 0 atom stereocenters. The van der Waals surface area contributed by atoms with E-state index in [1.165, 1.54) is 12.3 Å². The largest absolute Gasteiger partial charge is 0.349 e. The molecule has 2 rings (SSSR count). The normalized spacial score (nSPS) is 21.0. The third-order valence-corrected chi connectivity index (χ3v) is 4.46. The van der Waals surface area contributed by atoms with E-state index in [0.29, 0.717) is 10.6 Å². The fraction of sp³-hybridized carbons (Fsp3) is 0.625. The number of carbonyl (C=O) groups excluding carboxylic acids is 1. The number of rotatable bonds is 2. The van der Waals surface area contributed by atoms with E-state index in [0.717, 1.165) is 19.3 Å². The molecule has 116 valence electrons. The van der Waals surface area contributed by atoms with E-state index in [9.17, 15) is 4.79 Å². The maximum absolute atomic E-state index is 12.4. The Hall–Kier alpha value is -0.800. The van der Waals surface area contributed by atoms with Crippen molar-refractivity contribution in [2.45, 2.75) is 53.0 Å². The fourth-order valence-electron chi connectivity index (χ4n) is 3.80. The van der Waals surface area contributed by atoms with Gasteiger partial charge in [-0.2, -0.15) is 0 Å². The second kappa shape index (κ2) is 5.77. The number of nitrogens with zero attached hydrogens (tertiary/aromatic N) is 1. The first kappa shape index (κ1) is 16.6. The first-order valence-electron chi connectivity index (χ1n) is 7.20. The lowest BCUT2D eigenvalue weighted by Gasteiger charge is -2.45. The van der Waals surface area contributed by atoms with Gasteiger partial charge in [-0.1, -0.05) is 50.9 Å². The Morgan fingerprint density at radius 3 is 2.38 bits per heavy atom. The minimum absolute atomic E-state index is 0.152. The van der Waals surface area contributed by atoms with Gasteiger partial charge in [-0.05, 0) is 36.2 Å². The maximum Gasteiger partial charge on any atom is 0.253 e. The first-order chi connectivity index (χ1) is 9.58. The zero-order chi connectivity index (χ0) is 15.8. The number of nitrogens with one attached hydrogen (secondary N) is 1. The van der Waals surface area contributed by atoms with E-state index < -0.39 is 0 Å². The summed E-state index contributed by atoms with van der Waals surface area (Å²) in [6.45, 7) is 9.01. The number of amides is 1. The molecule has 1 aliphatic carbocycles. The van der Waals surface area contributed by atoms with Crippen LogP contribution in [0.4, 0.5) is 0 Å². The Balaban J connectivity index is 2.14. The van der Waals surface area contributed by atoms with E-state index in [1.54, 1.807) is 0 Å². The average Bonchev–Trinajstić information content (AvgIpc) is 2.27. The second-order valence-corrected chi connectivity index (χ2v) is 8.37. The van der Waals surface area contributed by atoms with Gasteiger partial charge in [-0.3, -0.25) is 4.79 Å². The standard InChI is InChI=1S/C16H22Cl2N2O/c1-15(2)6-10(7-16(3,4)9-15)20-14(21)11-5-13(18)19-8-12(11)17/h5,8,10H,6-7,9H2,1-4H3,(H,20,21). The van der Waals surface area contributed by atoms with Crippen molar-refractivity contribution in [3.05, 3.63) is 28.0 Å². The summed E-state index contributed by atoms with van der Waals surface area (Å²) >= 11 is 11.9. The molecule has 1 N–H and O–H groups in total. The maximum atomic E-state index is 12.4. The molecule has 1 heterocycles. The van der Waals surface area contributed by atoms with E-state index >= 15 is 0 Å². The molecule has 0 aromatic carbocycles. The zero-order valence-electron chi connectivity index (χ0n) is 13.0. The monoisotopic (exact) mass is 328 g/mol. The number of hydrogen-bond donors (Lipinski definition) is 1. The summed E-state index contributed by atoms with van der Waals surface area (Å²) in [5.41, 5.74) is 0.830. The highest BCUT2D eigenvalue weighted by atomic mass is 35.5. The van der Waals surface area contributed by atoms with Crippen molar-refractivity contribution < 1.29 is 4.79 Å². The van der Waals surface area contributed by atoms with Gasteiger partial charge in [0.15, 0.2) is 0 Å². The topological polar surface area (TPSA) is 42.0 Å². The first-order valence-corrected chi connectivity index (χ1v) is 7.96. The van der Waals surface area contributed by atoms with Crippen LogP contribution in [0.25, 0.3) is 0 Å². The molecular formula is C16H22Cl2N2O. The Kier molecular flexibility index (Phi) is 4.55. The van der Waals surface area contributed by atoms with Crippen molar-refractivity contribution >= 4 is 29.1 Å². The van der Waals surface area contributed by atoms with Crippen molar-refractivity contribution in [3.8, 4) is 0 Å². The third kappa shape index (κ3) is 4.33. The number of halogens is 2. The van der Waals surface area contributed by atoms with Gasteiger partial charge in [0.1, 0.15) is 5.15 Å². The molecule has 3 nitrogen and oxygen atoms in total. The van der Waals surface area contributed by atoms with Crippen LogP contribution in [0.2, 0.25) is 10.2 Å². The van der Waals surface area contributed by atoms with Crippen LogP contribution in [-0.4, -0.2) is 16.9 Å². The molecule has 5 heteroatoms. The van der Waals surface area contributed by atoms with Crippen LogP contribution >= 0.6 is 23.2 Å². The molecule has 0 spiro atoms. The third-order valence-electron chi connectivity index (χ3n) is 3.96. The lowest BCUT2D eigenvalue weighted by atomic mass is 9.63. The van der Waals surface area contributed by atoms with Crippen molar-refractivity contribution in [2.75, 3.05) is 0 Å². The van der Waals surface area contributed by atoms with Crippen LogP contribution in [0.3, 0.4) is 0 Å². The molecule has 0 aliphatic heterocycles. The van der Waals surface area contributed by atoms with Crippen LogP contribution in [0.15, 0.2) is 12.3 Å². The van der Waals surface area contributed by atoms with Gasteiger partial charge < -0.3 is 5.32 Å². The summed E-state index contributed by atoms with van der Waals surface area (Å²) in [6, 6.07) is 1.66. The molecule has 1 aliphatic rings. The van der Waals surface area contributed by atoms with Gasteiger partial charge in [0.2, 0.25) is 0 Å². The Morgan fingerprint density at radius 1 is 1.24 bits per heavy atom. The highest BCUT2D eigenvalue weighted by Gasteiger charge is 2.39. The van der Waals surface area contributed by atoms with Gasteiger partial charge in [0.05, 0.1) is 10.6 Å². The molecule has 1 aromatic rings. The smallest absolute Gasteiger partial charge is 0.253 e. The Morgan fingerprint density at radius 2 is 1.81 bits per heavy atom. The molecule has 1 amide bonds. The quantitative estimate of drug-likeness (QED) is 0.798. The SMILES string of the molecule is CC1(C)CC(NC(=O)c2cc(Cl)ncc2Cl)CC(C)(C)C1. The highest BCUT2D eigenvalue weighted by molar-refractivity contribution is 6.35. The summed E-state index contributed by atoms with van der Waals surface area (Å²) in [4.78, 5) is 16.3. The molecule has 21 heavy (non-hydrogen) atoms. The van der Waals surface area contributed by atoms with Gasteiger partial charge in [0, 0.05) is 12.2 Å². The van der Waals surface area contributed by atoms with E-state index in [-0.39, 0.29) is 27.9 Å². The zero-order valence-corrected chi connectivity index (χ0v) is 14.5. The molecular weight excluding hydrogens is 307 g/mol. The van der Waals surface area contributed by atoms with E-state index in [1.807, 2.05) is 0 Å². The highest BCUT2D eigenvalue weighted by Crippen LogP contribution is 2.45. The predicted octanol–water partition coefficient (Wildman–Crippen LogP) is 4.72. The average molecular weight is 329 g/mol. The lowest BCUT2D eigenvalue weighted by molar-refractivity contribution is 0.0713. The van der Waals surface area contributed by atoms with E-state index in [2.05, 4.69) is 38.0 Å². The molecule has 0 saturated heterocycles. The molecule has 0 radical (unpaired) electrons. The number of hydrogen-bond acceptors (Lipinski definition) is 2. The van der Waals surface area contributed by atoms with Gasteiger partial charge in [-0.15, -0.1) is 0 Å². The van der Waals surface area contributed by atoms with Crippen molar-refractivity contribution in [1.29, 1.82) is 0 Å². The van der Waals surface area contributed by atoms with Crippen LogP contribution in [0, 0.1) is 10.8 Å². The van der Waals surface area contributed by atoms with Crippen LogP contribution in [-0.2, 0) is 0 Å². The lowest BCUT2D eigenvalue weighted by Crippen LogP contribution is -2.46. The summed E-state index contributed by atoms with van der Waals surface area (Å²) in [5.74, 6) is -0.178. The fourth-order valence-corrected chi connectivity index (χ4v) is 4.15. The van der Waals surface area contributed by atoms with Crippen LogP contribution in [0.1, 0.15) is 57.3 Å². The van der Waals surface area contributed by atoms with Crippen LogP contribution < -0.4 is 5.32 Å². The minimum Gasteiger partial charge on any atom is -0.349 e. The Labute approximate surface area is 136 Å². The molecule has 0 bridgehead atoms. The van der Waals surface area contributed by atoms with Crippen molar-refractivity contribution in [2.24, 2.45) is 10.8 Å². The van der Waals surface area contributed by atoms with Gasteiger partial charge in [0.25, 0.3) is 5.91 Å².